The van der Waals surface area contributed by atoms with Gasteiger partial charge in [-0.1, -0.05) is 13.0 Å². The maximum atomic E-state index is 7.40. The van der Waals surface area contributed by atoms with E-state index >= 15 is 0 Å². The maximum Gasteiger partial charge on any atom is 0.141 e. The highest BCUT2D eigenvalue weighted by Crippen LogP contribution is 2.13. The third kappa shape index (κ3) is 2.74. The van der Waals surface area contributed by atoms with Crippen LogP contribution in [0.3, 0.4) is 0 Å². The number of nitrogens with zero attached hydrogens (tertiary/aromatic N) is 3. The molecule has 5 heteroatoms. The minimum atomic E-state index is 0.0269. The van der Waals surface area contributed by atoms with E-state index in [0.717, 1.165) is 38.5 Å². The van der Waals surface area contributed by atoms with Crippen LogP contribution in [-0.4, -0.2) is 48.4 Å². The molecule has 92 valence electrons. The Morgan fingerprint density at radius 3 is 2.65 bits per heavy atom. The Labute approximate surface area is 102 Å². The topological polar surface area (TPSA) is 69.2 Å². The molecule has 0 saturated carbocycles. The fourth-order valence-corrected chi connectivity index (χ4v) is 2.04. The molecule has 0 atom stereocenters. The first kappa shape index (κ1) is 11.9. The number of piperazine rings is 1. The summed E-state index contributed by atoms with van der Waals surface area (Å²) in [4.78, 5) is 9.08. The first-order valence-electron chi connectivity index (χ1n) is 5.99. The number of rotatable bonds is 3. The van der Waals surface area contributed by atoms with Gasteiger partial charge in [-0.15, -0.1) is 0 Å². The summed E-state index contributed by atoms with van der Waals surface area (Å²) in [6.07, 6.45) is 0. The molecule has 2 rings (SSSR count). The van der Waals surface area contributed by atoms with Crippen molar-refractivity contribution in [3.05, 3.63) is 23.9 Å². The van der Waals surface area contributed by atoms with Gasteiger partial charge in [-0.25, -0.2) is 4.98 Å². The Morgan fingerprint density at radius 1 is 1.35 bits per heavy atom. The zero-order valence-corrected chi connectivity index (χ0v) is 10.2. The van der Waals surface area contributed by atoms with Crippen LogP contribution in [0.1, 0.15) is 12.6 Å². The van der Waals surface area contributed by atoms with E-state index in [1.54, 1.807) is 6.07 Å². The van der Waals surface area contributed by atoms with E-state index in [2.05, 4.69) is 21.7 Å². The number of hydrogen-bond acceptors (Lipinski definition) is 4. The van der Waals surface area contributed by atoms with Crippen molar-refractivity contribution in [2.24, 2.45) is 5.73 Å². The highest BCUT2D eigenvalue weighted by Gasteiger charge is 2.16. The summed E-state index contributed by atoms with van der Waals surface area (Å²) in [5.41, 5.74) is 6.01. The van der Waals surface area contributed by atoms with Crippen molar-refractivity contribution in [1.82, 2.24) is 9.88 Å². The molecule has 1 aromatic rings. The second kappa shape index (κ2) is 5.14. The van der Waals surface area contributed by atoms with Crippen molar-refractivity contribution in [3.8, 4) is 0 Å². The zero-order valence-electron chi connectivity index (χ0n) is 10.2. The predicted molar refractivity (Wildman–Crippen MR) is 69.6 cm³/mol. The van der Waals surface area contributed by atoms with Crippen LogP contribution in [-0.2, 0) is 0 Å². The molecule has 1 aliphatic heterocycles. The van der Waals surface area contributed by atoms with Gasteiger partial charge < -0.3 is 15.5 Å². The third-order valence-electron chi connectivity index (χ3n) is 3.15. The van der Waals surface area contributed by atoms with Crippen molar-refractivity contribution in [3.63, 3.8) is 0 Å². The Hall–Kier alpha value is -1.62. The summed E-state index contributed by atoms with van der Waals surface area (Å²) < 4.78 is 0. The van der Waals surface area contributed by atoms with Gasteiger partial charge in [0.05, 0.1) is 0 Å². The van der Waals surface area contributed by atoms with Gasteiger partial charge in [-0.05, 0) is 18.7 Å². The molecule has 17 heavy (non-hydrogen) atoms. The van der Waals surface area contributed by atoms with Crippen molar-refractivity contribution in [1.29, 1.82) is 5.41 Å². The van der Waals surface area contributed by atoms with E-state index < -0.39 is 0 Å². The van der Waals surface area contributed by atoms with Gasteiger partial charge in [-0.3, -0.25) is 5.41 Å². The number of likely N-dealkylation sites (N-methyl/N-ethyl adjacent to an activating group) is 1. The monoisotopic (exact) mass is 233 g/mol. The molecule has 0 amide bonds. The minimum absolute atomic E-state index is 0.0269. The summed E-state index contributed by atoms with van der Waals surface area (Å²) in [5, 5.41) is 7.40. The molecule has 1 saturated heterocycles. The summed E-state index contributed by atoms with van der Waals surface area (Å²) in [6, 6.07) is 5.66. The Morgan fingerprint density at radius 2 is 2.06 bits per heavy atom. The van der Waals surface area contributed by atoms with Gasteiger partial charge >= 0.3 is 0 Å². The fourth-order valence-electron chi connectivity index (χ4n) is 2.04. The normalized spacial score (nSPS) is 17.1. The minimum Gasteiger partial charge on any atom is -0.382 e. The van der Waals surface area contributed by atoms with Crippen LogP contribution < -0.4 is 10.6 Å². The third-order valence-corrected chi connectivity index (χ3v) is 3.15. The predicted octanol–water partition coefficient (Wildman–Crippen LogP) is 0.508. The number of nitrogens with one attached hydrogen (secondary N) is 1. The molecule has 1 aliphatic rings. The number of nitrogen functional groups attached to an aromatic ring is 1. The number of anilines is 1. The van der Waals surface area contributed by atoms with E-state index in [-0.39, 0.29) is 5.84 Å². The second-order valence-corrected chi connectivity index (χ2v) is 4.22. The van der Waals surface area contributed by atoms with E-state index in [1.165, 1.54) is 0 Å². The largest absolute Gasteiger partial charge is 0.382 e. The van der Waals surface area contributed by atoms with Gasteiger partial charge in [-0.2, -0.15) is 0 Å². The molecule has 0 spiro atoms. The first-order chi connectivity index (χ1) is 8.20. The van der Waals surface area contributed by atoms with Crippen LogP contribution >= 0.6 is 0 Å². The molecule has 1 aromatic heterocycles. The van der Waals surface area contributed by atoms with E-state index in [0.29, 0.717) is 5.69 Å². The van der Waals surface area contributed by atoms with Crippen LogP contribution in [0, 0.1) is 5.41 Å². The maximum absolute atomic E-state index is 7.40. The number of hydrogen-bond donors (Lipinski definition) is 2. The van der Waals surface area contributed by atoms with Crippen LogP contribution in [0.4, 0.5) is 5.82 Å². The lowest BCUT2D eigenvalue weighted by molar-refractivity contribution is 0.270. The molecular weight excluding hydrogens is 214 g/mol. The molecular formula is C12H19N5. The zero-order chi connectivity index (χ0) is 12.3. The Balaban J connectivity index is 2.08. The van der Waals surface area contributed by atoms with Crippen molar-refractivity contribution >= 4 is 11.7 Å². The average Bonchev–Trinajstić information content (AvgIpc) is 2.39. The molecule has 3 N–H and O–H groups in total. The lowest BCUT2D eigenvalue weighted by Gasteiger charge is -2.34. The highest BCUT2D eigenvalue weighted by atomic mass is 15.3. The number of pyridine rings is 1. The van der Waals surface area contributed by atoms with E-state index in [4.69, 9.17) is 11.1 Å². The van der Waals surface area contributed by atoms with E-state index in [1.807, 2.05) is 12.1 Å². The lowest BCUT2D eigenvalue weighted by atomic mass is 10.3. The van der Waals surface area contributed by atoms with Crippen LogP contribution in [0.5, 0.6) is 0 Å². The summed E-state index contributed by atoms with van der Waals surface area (Å²) in [7, 11) is 0. The molecule has 0 aliphatic carbocycles. The molecule has 5 nitrogen and oxygen atoms in total. The molecule has 0 bridgehead atoms. The van der Waals surface area contributed by atoms with Crippen LogP contribution in [0.2, 0.25) is 0 Å². The summed E-state index contributed by atoms with van der Waals surface area (Å²) >= 11 is 0. The van der Waals surface area contributed by atoms with E-state index in [9.17, 15) is 0 Å². The quantitative estimate of drug-likeness (QED) is 0.589. The highest BCUT2D eigenvalue weighted by molar-refractivity contribution is 5.93. The van der Waals surface area contributed by atoms with Gasteiger partial charge in [0.15, 0.2) is 0 Å². The number of amidine groups is 1. The number of nitrogens with two attached hydrogens (primary N) is 1. The molecule has 0 unspecified atom stereocenters. The second-order valence-electron chi connectivity index (χ2n) is 4.22. The smallest absolute Gasteiger partial charge is 0.141 e. The van der Waals surface area contributed by atoms with Crippen molar-refractivity contribution in [2.45, 2.75) is 6.92 Å². The van der Waals surface area contributed by atoms with Gasteiger partial charge in [0.2, 0.25) is 0 Å². The molecule has 1 fully saturated rings. The SMILES string of the molecule is CCN1CCN(c2cccc(C(=N)N)n2)CC1. The lowest BCUT2D eigenvalue weighted by Crippen LogP contribution is -2.46. The van der Waals surface area contributed by atoms with Gasteiger partial charge in [0.25, 0.3) is 0 Å². The van der Waals surface area contributed by atoms with Gasteiger partial charge in [0.1, 0.15) is 17.3 Å². The Kier molecular flexibility index (Phi) is 3.58. The van der Waals surface area contributed by atoms with Crippen LogP contribution in [0.15, 0.2) is 18.2 Å². The standard InChI is InChI=1S/C12H19N5/c1-2-16-6-8-17(9-7-16)11-5-3-4-10(15-11)12(13)14/h3-5H,2,6-9H2,1H3,(H3,13,14). The summed E-state index contributed by atoms with van der Waals surface area (Å²) in [5.74, 6) is 0.951. The van der Waals surface area contributed by atoms with Gasteiger partial charge in [0, 0.05) is 26.2 Å². The average molecular weight is 233 g/mol. The molecule has 2 heterocycles. The van der Waals surface area contributed by atoms with Crippen LogP contribution in [0.25, 0.3) is 0 Å². The fraction of sp³-hybridized carbons (Fsp3) is 0.500. The van der Waals surface area contributed by atoms with Crippen molar-refractivity contribution < 1.29 is 0 Å². The first-order valence-corrected chi connectivity index (χ1v) is 5.99. The number of aromatic nitrogens is 1. The Bertz CT molecular complexity index is 396. The summed E-state index contributed by atoms with van der Waals surface area (Å²) in [6.45, 7) is 7.41. The molecule has 0 radical (unpaired) electrons. The van der Waals surface area contributed by atoms with Crippen molar-refractivity contribution in [2.75, 3.05) is 37.6 Å². The molecule has 0 aromatic carbocycles.